The van der Waals surface area contributed by atoms with Crippen LogP contribution in [0.1, 0.15) is 19.8 Å². The van der Waals surface area contributed by atoms with Gasteiger partial charge < -0.3 is 11.1 Å². The normalized spacial score (nSPS) is 12.6. The van der Waals surface area contributed by atoms with Gasteiger partial charge in [-0.15, -0.1) is 12.4 Å². The molecule has 0 spiro atoms. The van der Waals surface area contributed by atoms with E-state index in [4.69, 9.17) is 5.73 Å². The first-order valence-corrected chi connectivity index (χ1v) is 7.52. The highest BCUT2D eigenvalue weighted by Gasteiger charge is 2.26. The zero-order valence-electron chi connectivity index (χ0n) is 11.3. The van der Waals surface area contributed by atoms with Crippen molar-refractivity contribution in [1.29, 1.82) is 0 Å². The van der Waals surface area contributed by atoms with Crippen LogP contribution in [0.3, 0.4) is 0 Å². The van der Waals surface area contributed by atoms with Gasteiger partial charge in [0.05, 0.1) is 10.9 Å². The highest BCUT2D eigenvalue weighted by atomic mass is 35.5. The number of sulfone groups is 1. The topological polar surface area (TPSA) is 89.3 Å². The third-order valence-corrected chi connectivity index (χ3v) is 3.98. The molecule has 1 unspecified atom stereocenters. The van der Waals surface area contributed by atoms with Crippen molar-refractivity contribution >= 4 is 33.8 Å². The van der Waals surface area contributed by atoms with Crippen molar-refractivity contribution in [1.82, 2.24) is 0 Å². The Balaban J connectivity index is 0.00000400. The van der Waals surface area contributed by atoms with Gasteiger partial charge in [-0.3, -0.25) is 4.79 Å². The summed E-state index contributed by atoms with van der Waals surface area (Å²) in [6.07, 6.45) is 1.19. The predicted octanol–water partition coefficient (Wildman–Crippen LogP) is 2.17. The fourth-order valence-electron chi connectivity index (χ4n) is 1.53. The van der Waals surface area contributed by atoms with Crippen LogP contribution in [0.2, 0.25) is 0 Å². The Morgan fingerprint density at radius 3 is 2.52 bits per heavy atom. The van der Waals surface area contributed by atoms with Crippen molar-refractivity contribution in [3.63, 3.8) is 0 Å². The second kappa shape index (κ2) is 8.26. The lowest BCUT2D eigenvalue weighted by atomic mass is 10.1. The number of halogens is 3. The van der Waals surface area contributed by atoms with Gasteiger partial charge in [0.15, 0.2) is 0 Å². The lowest BCUT2D eigenvalue weighted by Gasteiger charge is -2.12. The molecule has 0 radical (unpaired) electrons. The van der Waals surface area contributed by atoms with Crippen molar-refractivity contribution in [2.45, 2.75) is 36.5 Å². The van der Waals surface area contributed by atoms with Crippen LogP contribution in [-0.4, -0.2) is 26.1 Å². The zero-order chi connectivity index (χ0) is 15.3. The van der Waals surface area contributed by atoms with Crippen molar-refractivity contribution in [2.75, 3.05) is 5.32 Å². The van der Waals surface area contributed by atoms with Crippen molar-refractivity contribution in [2.24, 2.45) is 5.73 Å². The van der Waals surface area contributed by atoms with Crippen molar-refractivity contribution in [3.8, 4) is 0 Å². The number of alkyl halides is 2. The molecule has 0 saturated heterocycles. The Morgan fingerprint density at radius 2 is 2.00 bits per heavy atom. The lowest BCUT2D eigenvalue weighted by Crippen LogP contribution is -2.35. The van der Waals surface area contributed by atoms with E-state index >= 15 is 0 Å². The molecule has 9 heteroatoms. The second-order valence-corrected chi connectivity index (χ2v) is 6.14. The van der Waals surface area contributed by atoms with E-state index in [1.165, 1.54) is 12.1 Å². The molecule has 0 bridgehead atoms. The summed E-state index contributed by atoms with van der Waals surface area (Å²) in [4.78, 5) is 11.1. The summed E-state index contributed by atoms with van der Waals surface area (Å²) in [6, 6.07) is 3.98. The number of nitrogens with one attached hydrogen (secondary N) is 1. The summed E-state index contributed by atoms with van der Waals surface area (Å²) < 4.78 is 47.5. The molecule has 1 aromatic carbocycles. The number of amides is 1. The van der Waals surface area contributed by atoms with Crippen LogP contribution in [0.15, 0.2) is 29.2 Å². The van der Waals surface area contributed by atoms with Gasteiger partial charge in [0.2, 0.25) is 15.7 Å². The minimum absolute atomic E-state index is 0. The molecular weight excluding hydrogens is 326 g/mol. The first-order valence-electron chi connectivity index (χ1n) is 5.97. The molecule has 1 atom stereocenters. The Hall–Kier alpha value is -1.25. The minimum atomic E-state index is -4.68. The van der Waals surface area contributed by atoms with Gasteiger partial charge in [-0.1, -0.05) is 19.4 Å². The predicted molar refractivity (Wildman–Crippen MR) is 78.4 cm³/mol. The van der Waals surface area contributed by atoms with E-state index in [0.717, 1.165) is 12.1 Å². The molecule has 0 fully saturated rings. The van der Waals surface area contributed by atoms with E-state index in [-0.39, 0.29) is 18.1 Å². The van der Waals surface area contributed by atoms with Crippen LogP contribution in [-0.2, 0) is 14.6 Å². The largest absolute Gasteiger partial charge is 0.341 e. The SMILES string of the molecule is CCCC(N)C(=O)Nc1cccc(S(=O)(=O)C(F)F)c1.Cl. The zero-order valence-corrected chi connectivity index (χ0v) is 12.9. The highest BCUT2D eigenvalue weighted by Crippen LogP contribution is 2.21. The first kappa shape index (κ1) is 19.8. The molecular formula is C12H17ClF2N2O3S. The third-order valence-electron chi connectivity index (χ3n) is 2.60. The molecule has 5 nitrogen and oxygen atoms in total. The number of carbonyl (C=O) groups is 1. The maximum Gasteiger partial charge on any atom is 0.341 e. The maximum atomic E-state index is 12.4. The molecule has 1 aromatic rings. The van der Waals surface area contributed by atoms with Crippen molar-refractivity contribution in [3.05, 3.63) is 24.3 Å². The van der Waals surface area contributed by atoms with Gasteiger partial charge >= 0.3 is 5.76 Å². The molecule has 0 aliphatic heterocycles. The smallest absolute Gasteiger partial charge is 0.325 e. The van der Waals surface area contributed by atoms with Crippen LogP contribution < -0.4 is 11.1 Å². The molecule has 120 valence electrons. The summed E-state index contributed by atoms with van der Waals surface area (Å²) in [5, 5.41) is 2.40. The highest BCUT2D eigenvalue weighted by molar-refractivity contribution is 7.91. The van der Waals surface area contributed by atoms with Crippen molar-refractivity contribution < 1.29 is 22.0 Å². The number of hydrogen-bond acceptors (Lipinski definition) is 4. The molecule has 0 heterocycles. The number of rotatable bonds is 6. The van der Waals surface area contributed by atoms with Crippen LogP contribution in [0.25, 0.3) is 0 Å². The number of carbonyl (C=O) groups excluding carboxylic acids is 1. The molecule has 0 aromatic heterocycles. The van der Waals surface area contributed by atoms with E-state index in [9.17, 15) is 22.0 Å². The van der Waals surface area contributed by atoms with Gasteiger partial charge in [0.1, 0.15) is 0 Å². The van der Waals surface area contributed by atoms with Gasteiger partial charge in [-0.05, 0) is 24.6 Å². The van der Waals surface area contributed by atoms with Crippen LogP contribution in [0.4, 0.5) is 14.5 Å². The maximum absolute atomic E-state index is 12.4. The molecule has 1 rings (SSSR count). The Labute approximate surface area is 128 Å². The summed E-state index contributed by atoms with van der Waals surface area (Å²) in [6.45, 7) is 1.86. The number of benzene rings is 1. The Kier molecular flexibility index (Phi) is 7.76. The standard InChI is InChI=1S/C12H16F2N2O3S.ClH/c1-2-4-10(15)11(17)16-8-5-3-6-9(7-8)20(18,19)12(13)14;/h3,5-7,10,12H,2,4,15H2,1H3,(H,16,17);1H. The first-order chi connectivity index (χ1) is 9.28. The summed E-state index contributed by atoms with van der Waals surface area (Å²) in [5.41, 5.74) is 5.71. The quantitative estimate of drug-likeness (QED) is 0.829. The second-order valence-electron chi connectivity index (χ2n) is 4.22. The number of hydrogen-bond donors (Lipinski definition) is 2. The minimum Gasteiger partial charge on any atom is -0.325 e. The average Bonchev–Trinajstić information content (AvgIpc) is 2.39. The average molecular weight is 343 g/mol. The van der Waals surface area contributed by atoms with Gasteiger partial charge in [0, 0.05) is 5.69 Å². The van der Waals surface area contributed by atoms with Gasteiger partial charge in [0.25, 0.3) is 0 Å². The van der Waals surface area contributed by atoms with E-state index in [0.29, 0.717) is 12.8 Å². The molecule has 1 amide bonds. The fraction of sp³-hybridized carbons (Fsp3) is 0.417. The summed E-state index contributed by atoms with van der Waals surface area (Å²) in [7, 11) is -4.68. The van der Waals surface area contributed by atoms with Crippen LogP contribution in [0, 0.1) is 0 Å². The van der Waals surface area contributed by atoms with Crippen LogP contribution >= 0.6 is 12.4 Å². The Morgan fingerprint density at radius 1 is 1.38 bits per heavy atom. The lowest BCUT2D eigenvalue weighted by molar-refractivity contribution is -0.117. The molecule has 0 aliphatic rings. The summed E-state index contributed by atoms with van der Waals surface area (Å²) in [5.74, 6) is -3.99. The van der Waals surface area contributed by atoms with E-state index in [2.05, 4.69) is 5.32 Å². The van der Waals surface area contributed by atoms with Gasteiger partial charge in [-0.25, -0.2) is 8.42 Å². The molecule has 21 heavy (non-hydrogen) atoms. The monoisotopic (exact) mass is 342 g/mol. The Bertz CT molecular complexity index is 582. The fourth-order valence-corrected chi connectivity index (χ4v) is 2.30. The van der Waals surface area contributed by atoms with Crippen LogP contribution in [0.5, 0.6) is 0 Å². The molecule has 0 aliphatic carbocycles. The summed E-state index contributed by atoms with van der Waals surface area (Å²) >= 11 is 0. The number of nitrogens with two attached hydrogens (primary N) is 1. The third kappa shape index (κ3) is 5.22. The molecule has 0 saturated carbocycles. The number of anilines is 1. The van der Waals surface area contributed by atoms with E-state index in [1.54, 1.807) is 0 Å². The van der Waals surface area contributed by atoms with E-state index in [1.807, 2.05) is 6.92 Å². The van der Waals surface area contributed by atoms with E-state index < -0.39 is 32.4 Å². The molecule has 3 N–H and O–H groups in total. The van der Waals surface area contributed by atoms with Gasteiger partial charge in [-0.2, -0.15) is 8.78 Å².